The van der Waals surface area contributed by atoms with Crippen molar-refractivity contribution in [1.29, 1.82) is 0 Å². The van der Waals surface area contributed by atoms with E-state index in [0.717, 1.165) is 25.7 Å². The van der Waals surface area contributed by atoms with Crippen LogP contribution in [0, 0.1) is 0 Å². The molecule has 44 valence electrons. The normalized spacial score (nSPS) is 21.5. The van der Waals surface area contributed by atoms with Crippen molar-refractivity contribution < 1.29 is 4.79 Å². The summed E-state index contributed by atoms with van der Waals surface area (Å²) in [6.45, 7) is 0. The van der Waals surface area contributed by atoms with Crippen LogP contribution in [0.15, 0.2) is 0 Å². The highest BCUT2D eigenvalue weighted by molar-refractivity contribution is 7.21. The monoisotopic (exact) mass is 128 g/mol. The molecule has 1 rings (SSSR count). The number of Topliss-reactive ketones (excluding diaryl/α,β-unsaturated/α-hetero) is 1. The van der Waals surface area contributed by atoms with Gasteiger partial charge in [0.1, 0.15) is 5.78 Å². The van der Waals surface area contributed by atoms with Gasteiger partial charge in [-0.1, -0.05) is 0 Å². The minimum atomic E-state index is 0.409. The second kappa shape index (κ2) is 2.41. The molecule has 0 saturated heterocycles. The van der Waals surface area contributed by atoms with Gasteiger partial charge >= 0.3 is 0 Å². The molecule has 2 heteroatoms. The van der Waals surface area contributed by atoms with E-state index >= 15 is 0 Å². The van der Waals surface area contributed by atoms with Crippen LogP contribution in [0.1, 0.15) is 25.7 Å². The first-order chi connectivity index (χ1) is 3.79. The molecule has 0 unspecified atom stereocenters. The fourth-order valence-electron chi connectivity index (χ4n) is 0.831. The van der Waals surface area contributed by atoms with Gasteiger partial charge in [-0.25, -0.2) is 0 Å². The molecule has 0 aliphatic heterocycles. The Balaban J connectivity index is 2.40. The van der Waals surface area contributed by atoms with E-state index < -0.39 is 0 Å². The summed E-state index contributed by atoms with van der Waals surface area (Å²) in [7, 11) is 3.43. The molecular weight excluding hydrogens is 119 g/mol. The van der Waals surface area contributed by atoms with Gasteiger partial charge in [-0.3, -0.25) is 4.79 Å². The third kappa shape index (κ3) is 1.41. The zero-order chi connectivity index (χ0) is 5.98. The lowest BCUT2D eigenvalue weighted by molar-refractivity contribution is -0.119. The Morgan fingerprint density at radius 2 is 1.62 bits per heavy atom. The van der Waals surface area contributed by atoms with E-state index in [4.69, 9.17) is 0 Å². The van der Waals surface area contributed by atoms with Crippen LogP contribution < -0.4 is 0 Å². The van der Waals surface area contributed by atoms with Gasteiger partial charge in [0.05, 0.1) is 0 Å². The number of rotatable bonds is 0. The van der Waals surface area contributed by atoms with Crippen LogP contribution in [0.4, 0.5) is 0 Å². The molecule has 0 spiro atoms. The molecule has 0 heterocycles. The van der Waals surface area contributed by atoms with Crippen molar-refractivity contribution in [3.8, 4) is 0 Å². The smallest absolute Gasteiger partial charge is 0.133 e. The molecule has 0 atom stereocenters. The van der Waals surface area contributed by atoms with E-state index in [-0.39, 0.29) is 0 Å². The second-order valence-corrected chi connectivity index (χ2v) is 2.85. The van der Waals surface area contributed by atoms with Crippen LogP contribution >= 0.6 is 8.86 Å². The lowest BCUT2D eigenvalue weighted by Gasteiger charge is -2.08. The predicted octanol–water partition coefficient (Wildman–Crippen LogP) is 1.44. The van der Waals surface area contributed by atoms with E-state index in [1.807, 2.05) is 0 Å². The number of hydrogen-bond acceptors (Lipinski definition) is 1. The number of carbonyl (C=O) groups is 1. The highest BCUT2D eigenvalue weighted by Gasteiger charge is 2.09. The summed E-state index contributed by atoms with van der Waals surface area (Å²) in [6.07, 6.45) is 3.41. The zero-order valence-corrected chi connectivity index (χ0v) is 5.74. The Kier molecular flexibility index (Phi) is 1.80. The summed E-state index contributed by atoms with van der Waals surface area (Å²) < 4.78 is 0. The predicted molar refractivity (Wildman–Crippen MR) is 36.8 cm³/mol. The summed E-state index contributed by atoms with van der Waals surface area (Å²) in [6, 6.07) is 0. The highest BCUT2D eigenvalue weighted by atomic mass is 31.0. The van der Waals surface area contributed by atoms with Crippen LogP contribution in [0.2, 0.25) is 0 Å². The van der Waals surface area contributed by atoms with Crippen LogP contribution in [0.5, 0.6) is 0 Å². The van der Waals surface area contributed by atoms with E-state index in [1.54, 1.807) is 0 Å². The van der Waals surface area contributed by atoms with E-state index in [9.17, 15) is 4.79 Å². The topological polar surface area (TPSA) is 17.1 Å². The number of hydrogen-bond donors (Lipinski definition) is 0. The molecule has 0 aromatic carbocycles. The van der Waals surface area contributed by atoms with Crippen molar-refractivity contribution in [3.63, 3.8) is 0 Å². The first kappa shape index (κ1) is 5.97. The van der Waals surface area contributed by atoms with Crippen LogP contribution in [0.25, 0.3) is 0 Å². The zero-order valence-electron chi connectivity index (χ0n) is 4.74. The Labute approximate surface area is 51.3 Å². The van der Waals surface area contributed by atoms with Gasteiger partial charge in [-0.15, -0.1) is 8.86 Å². The van der Waals surface area contributed by atoms with Crippen LogP contribution in [-0.2, 0) is 4.79 Å². The molecular formula is C6H9OP. The first-order valence-corrected chi connectivity index (χ1v) is 3.37. The standard InChI is InChI=1S/C6H9OP/c7-5-1-3-6(8)4-2-5/h8H,1-4H2. The van der Waals surface area contributed by atoms with Crippen molar-refractivity contribution in [3.05, 3.63) is 0 Å². The average molecular weight is 128 g/mol. The summed E-state index contributed by atoms with van der Waals surface area (Å²) in [5.74, 6) is 0.409. The van der Waals surface area contributed by atoms with Gasteiger partial charge in [0.2, 0.25) is 0 Å². The third-order valence-electron chi connectivity index (χ3n) is 1.41. The van der Waals surface area contributed by atoms with Gasteiger partial charge in [0.15, 0.2) is 0 Å². The van der Waals surface area contributed by atoms with Crippen LogP contribution in [0.3, 0.4) is 0 Å². The highest BCUT2D eigenvalue weighted by Crippen LogP contribution is 2.11. The minimum absolute atomic E-state index is 0.409. The number of carbonyl (C=O) groups excluding carboxylic acids is 1. The molecule has 0 aromatic heterocycles. The first-order valence-electron chi connectivity index (χ1n) is 2.87. The van der Waals surface area contributed by atoms with Crippen molar-refractivity contribution in [2.45, 2.75) is 25.7 Å². The quantitative estimate of drug-likeness (QED) is 0.451. The average Bonchev–Trinajstić information content (AvgIpc) is 1.77. The van der Waals surface area contributed by atoms with Gasteiger partial charge in [0, 0.05) is 12.8 Å². The Morgan fingerprint density at radius 1 is 1.12 bits per heavy atom. The van der Waals surface area contributed by atoms with Crippen molar-refractivity contribution >= 4 is 19.9 Å². The molecule has 0 radical (unpaired) electrons. The summed E-state index contributed by atoms with van der Waals surface area (Å²) in [5.41, 5.74) is 0. The molecule has 0 N–H and O–H groups in total. The Hall–Kier alpha value is -0.160. The fraction of sp³-hybridized carbons (Fsp3) is 0.667. The maximum atomic E-state index is 10.6. The minimum Gasteiger partial charge on any atom is -0.300 e. The van der Waals surface area contributed by atoms with Crippen LogP contribution in [-0.4, -0.2) is 11.1 Å². The molecule has 1 aliphatic carbocycles. The molecule has 1 nitrogen and oxygen atoms in total. The third-order valence-corrected chi connectivity index (χ3v) is 1.91. The molecule has 1 saturated carbocycles. The molecule has 0 amide bonds. The maximum absolute atomic E-state index is 10.6. The fourth-order valence-corrected chi connectivity index (χ4v) is 1.08. The second-order valence-electron chi connectivity index (χ2n) is 2.14. The van der Waals surface area contributed by atoms with Gasteiger partial charge in [-0.2, -0.15) is 0 Å². The van der Waals surface area contributed by atoms with Crippen molar-refractivity contribution in [2.75, 3.05) is 0 Å². The van der Waals surface area contributed by atoms with E-state index in [2.05, 4.69) is 8.86 Å². The Morgan fingerprint density at radius 3 is 2.00 bits per heavy atom. The van der Waals surface area contributed by atoms with Gasteiger partial charge in [0.25, 0.3) is 0 Å². The number of ketones is 1. The lowest BCUT2D eigenvalue weighted by Crippen LogP contribution is -2.10. The molecule has 0 aromatic rings. The van der Waals surface area contributed by atoms with Gasteiger partial charge < -0.3 is 0 Å². The molecule has 1 aliphatic rings. The molecule has 8 heavy (non-hydrogen) atoms. The summed E-state index contributed by atoms with van der Waals surface area (Å²) in [5, 5.41) is 1.30. The van der Waals surface area contributed by atoms with Gasteiger partial charge in [-0.05, 0) is 18.1 Å². The van der Waals surface area contributed by atoms with Crippen molar-refractivity contribution in [2.24, 2.45) is 0 Å². The van der Waals surface area contributed by atoms with E-state index in [0.29, 0.717) is 5.78 Å². The van der Waals surface area contributed by atoms with E-state index in [1.165, 1.54) is 5.29 Å². The SMILES string of the molecule is O=C1CCC(=P)CC1. The molecule has 0 bridgehead atoms. The maximum Gasteiger partial charge on any atom is 0.133 e. The summed E-state index contributed by atoms with van der Waals surface area (Å²) in [4.78, 5) is 10.6. The largest absolute Gasteiger partial charge is 0.300 e. The summed E-state index contributed by atoms with van der Waals surface area (Å²) >= 11 is 0. The van der Waals surface area contributed by atoms with Crippen molar-refractivity contribution in [1.82, 2.24) is 0 Å². The molecule has 1 fully saturated rings. The Bertz CT molecular complexity index is 100. The lowest BCUT2D eigenvalue weighted by atomic mass is 9.99.